The molecule has 5 atom stereocenters. The van der Waals surface area contributed by atoms with Gasteiger partial charge in [0, 0.05) is 6.92 Å². The first-order chi connectivity index (χ1) is 9.15. The van der Waals surface area contributed by atoms with Gasteiger partial charge in [0.25, 0.3) is 0 Å². The highest BCUT2D eigenvalue weighted by atomic mass is 31.2. The molecule has 0 aliphatic carbocycles. The quantitative estimate of drug-likeness (QED) is 0.291. The summed E-state index contributed by atoms with van der Waals surface area (Å²) in [6.07, 6.45) is -5.22. The van der Waals surface area contributed by atoms with E-state index in [-0.39, 0.29) is 0 Å². The van der Waals surface area contributed by atoms with Gasteiger partial charge in [0.15, 0.2) is 0 Å². The summed E-state index contributed by atoms with van der Waals surface area (Å²) in [5.74, 6) is -0.534. The Kier molecular flexibility index (Phi) is 6.05. The lowest BCUT2D eigenvalue weighted by Gasteiger charge is -2.42. The molecule has 118 valence electrons. The van der Waals surface area contributed by atoms with Crippen LogP contribution in [0.25, 0.3) is 0 Å². The van der Waals surface area contributed by atoms with E-state index < -0.39 is 57.4 Å². The number of carbonyl (C=O) groups excluding carboxylic acids is 1. The van der Waals surface area contributed by atoms with E-state index in [0.717, 1.165) is 6.92 Å². The van der Waals surface area contributed by atoms with Gasteiger partial charge in [-0.25, -0.2) is 4.57 Å². The van der Waals surface area contributed by atoms with Crippen LogP contribution in [0.15, 0.2) is 0 Å². The molecule has 1 aliphatic rings. The molecule has 0 spiro atoms. The Morgan fingerprint density at radius 3 is 2.35 bits per heavy atom. The topological polar surface area (TPSA) is 166 Å². The van der Waals surface area contributed by atoms with Crippen LogP contribution in [-0.4, -0.2) is 74.7 Å². The predicted molar refractivity (Wildman–Crippen MR) is 63.4 cm³/mol. The Morgan fingerprint density at radius 1 is 1.30 bits per heavy atom. The zero-order valence-electron chi connectivity index (χ0n) is 10.6. The Labute approximate surface area is 114 Å². The second-order valence-corrected chi connectivity index (χ2v) is 5.63. The van der Waals surface area contributed by atoms with E-state index in [4.69, 9.17) is 19.6 Å². The molecule has 10 nitrogen and oxygen atoms in total. The third kappa shape index (κ3) is 4.76. The molecule has 11 heteroatoms. The van der Waals surface area contributed by atoms with Crippen molar-refractivity contribution in [2.75, 3.05) is 13.2 Å². The fourth-order valence-electron chi connectivity index (χ4n) is 1.92. The molecule has 1 heterocycles. The van der Waals surface area contributed by atoms with Crippen LogP contribution in [0.5, 0.6) is 0 Å². The lowest BCUT2D eigenvalue weighted by Crippen LogP contribution is -2.64. The number of hydrogen-bond acceptors (Lipinski definition) is 7. The second-order valence-electron chi connectivity index (χ2n) is 4.39. The lowest BCUT2D eigenvalue weighted by atomic mass is 9.93. The fourth-order valence-corrected chi connectivity index (χ4v) is 2.26. The molecular weight excluding hydrogens is 297 g/mol. The van der Waals surface area contributed by atoms with Gasteiger partial charge in [-0.3, -0.25) is 9.32 Å². The highest BCUT2D eigenvalue weighted by molar-refractivity contribution is 7.46. The molecule has 0 aromatic carbocycles. The summed E-state index contributed by atoms with van der Waals surface area (Å²) in [5.41, 5.74) is 0. The van der Waals surface area contributed by atoms with Crippen molar-refractivity contribution in [2.45, 2.75) is 37.4 Å². The summed E-state index contributed by atoms with van der Waals surface area (Å²) in [7, 11) is -4.76. The molecule has 0 bridgehead atoms. The fraction of sp³-hybridized carbons (Fsp3) is 0.889. The standard InChI is InChI=1S/C9H18NO9P/c1-4(12)10-7-6(3-18-20(15,16)17)19-5(2-11)8(13)9(7)14/h5-9,11,13-14H,2-3H2,1H3,(H,10,12)(H2,15,16,17)/t5-,6-,7+,8-,9-/m1/s1. The highest BCUT2D eigenvalue weighted by Crippen LogP contribution is 2.36. The van der Waals surface area contributed by atoms with E-state index in [9.17, 15) is 19.6 Å². The maximum absolute atomic E-state index is 11.1. The van der Waals surface area contributed by atoms with Crippen LogP contribution >= 0.6 is 7.82 Å². The van der Waals surface area contributed by atoms with Gasteiger partial charge in [0.05, 0.1) is 19.3 Å². The van der Waals surface area contributed by atoms with Crippen LogP contribution in [0.1, 0.15) is 6.92 Å². The number of aliphatic hydroxyl groups excluding tert-OH is 3. The van der Waals surface area contributed by atoms with E-state index >= 15 is 0 Å². The number of phosphoric acid groups is 1. The number of hydrogen-bond donors (Lipinski definition) is 6. The van der Waals surface area contributed by atoms with Crippen LogP contribution in [0.4, 0.5) is 0 Å². The minimum atomic E-state index is -4.76. The third-order valence-corrected chi connectivity index (χ3v) is 3.29. The van der Waals surface area contributed by atoms with Crippen LogP contribution < -0.4 is 5.32 Å². The van der Waals surface area contributed by atoms with Crippen molar-refractivity contribution in [2.24, 2.45) is 0 Å². The second kappa shape index (κ2) is 6.92. The van der Waals surface area contributed by atoms with Crippen LogP contribution in [0.3, 0.4) is 0 Å². The maximum atomic E-state index is 11.1. The predicted octanol–water partition coefficient (Wildman–Crippen LogP) is -2.92. The summed E-state index contributed by atoms with van der Waals surface area (Å²) in [5, 5.41) is 30.9. The molecule has 1 rings (SSSR count). The Morgan fingerprint density at radius 2 is 1.90 bits per heavy atom. The summed E-state index contributed by atoms with van der Waals surface area (Å²) in [6, 6.07) is -1.13. The largest absolute Gasteiger partial charge is 0.469 e. The monoisotopic (exact) mass is 315 g/mol. The first kappa shape index (κ1) is 17.5. The molecular formula is C9H18NO9P. The minimum Gasteiger partial charge on any atom is -0.394 e. The number of ether oxygens (including phenoxy) is 1. The number of nitrogens with one attached hydrogen (secondary N) is 1. The van der Waals surface area contributed by atoms with Gasteiger partial charge in [-0.2, -0.15) is 0 Å². The van der Waals surface area contributed by atoms with Crippen LogP contribution in [0.2, 0.25) is 0 Å². The molecule has 1 amide bonds. The van der Waals surface area contributed by atoms with Crippen molar-refractivity contribution in [3.8, 4) is 0 Å². The summed E-state index contributed by atoms with van der Waals surface area (Å²) in [6.45, 7) is -0.0783. The van der Waals surface area contributed by atoms with Crippen molar-refractivity contribution in [1.82, 2.24) is 5.32 Å². The minimum absolute atomic E-state index is 0.534. The average Bonchev–Trinajstić information content (AvgIpc) is 2.32. The van der Waals surface area contributed by atoms with Gasteiger partial charge >= 0.3 is 7.82 Å². The van der Waals surface area contributed by atoms with E-state index in [2.05, 4.69) is 9.84 Å². The van der Waals surface area contributed by atoms with E-state index in [1.807, 2.05) is 0 Å². The SMILES string of the molecule is CC(=O)N[C@@H]1[C@@H](O)[C@H](O)[C@@H](CO)O[C@@H]1COP(=O)(O)O. The molecule has 0 radical (unpaired) electrons. The lowest BCUT2D eigenvalue weighted by molar-refractivity contribution is -0.201. The van der Waals surface area contributed by atoms with Crippen LogP contribution in [0, 0.1) is 0 Å². The molecule has 20 heavy (non-hydrogen) atoms. The first-order valence-corrected chi connectivity index (χ1v) is 7.28. The molecule has 0 unspecified atom stereocenters. The van der Waals surface area contributed by atoms with Gasteiger partial charge in [0.2, 0.25) is 5.91 Å². The number of carbonyl (C=O) groups is 1. The highest BCUT2D eigenvalue weighted by Gasteiger charge is 2.45. The molecule has 6 N–H and O–H groups in total. The van der Waals surface area contributed by atoms with Gasteiger partial charge < -0.3 is 35.2 Å². The molecule has 0 saturated carbocycles. The average molecular weight is 315 g/mol. The molecule has 1 saturated heterocycles. The zero-order chi connectivity index (χ0) is 15.5. The summed E-state index contributed by atoms with van der Waals surface area (Å²) < 4.78 is 20.1. The van der Waals surface area contributed by atoms with Crippen molar-refractivity contribution in [3.05, 3.63) is 0 Å². The molecule has 0 aromatic heterocycles. The third-order valence-electron chi connectivity index (χ3n) is 2.81. The van der Waals surface area contributed by atoms with E-state index in [1.54, 1.807) is 0 Å². The van der Waals surface area contributed by atoms with E-state index in [0.29, 0.717) is 0 Å². The van der Waals surface area contributed by atoms with Crippen LogP contribution in [-0.2, 0) is 18.6 Å². The van der Waals surface area contributed by atoms with Gasteiger partial charge in [-0.1, -0.05) is 0 Å². The normalized spacial score (nSPS) is 34.8. The molecule has 0 aromatic rings. The Bertz CT molecular complexity index is 386. The van der Waals surface area contributed by atoms with Gasteiger partial charge in [0.1, 0.15) is 24.4 Å². The number of phosphoric ester groups is 1. The summed E-state index contributed by atoms with van der Waals surface area (Å²) >= 11 is 0. The smallest absolute Gasteiger partial charge is 0.394 e. The van der Waals surface area contributed by atoms with Crippen molar-refractivity contribution >= 4 is 13.7 Å². The maximum Gasteiger partial charge on any atom is 0.469 e. The zero-order valence-corrected chi connectivity index (χ0v) is 11.5. The first-order valence-electron chi connectivity index (χ1n) is 5.75. The number of aliphatic hydroxyl groups is 3. The van der Waals surface area contributed by atoms with Crippen molar-refractivity contribution < 1.29 is 43.7 Å². The van der Waals surface area contributed by atoms with E-state index in [1.165, 1.54) is 0 Å². The van der Waals surface area contributed by atoms with Crippen molar-refractivity contribution in [1.29, 1.82) is 0 Å². The van der Waals surface area contributed by atoms with Gasteiger partial charge in [-0.15, -0.1) is 0 Å². The Hall–Kier alpha value is -0.580. The number of amides is 1. The van der Waals surface area contributed by atoms with Crippen molar-refractivity contribution in [3.63, 3.8) is 0 Å². The van der Waals surface area contributed by atoms with Gasteiger partial charge in [-0.05, 0) is 0 Å². The Balaban J connectivity index is 2.83. The summed E-state index contributed by atoms with van der Waals surface area (Å²) in [4.78, 5) is 28.3. The molecule has 1 fully saturated rings. The number of rotatable bonds is 5. The molecule has 1 aliphatic heterocycles.